The molecule has 1 aliphatic carbocycles. The molecule has 0 bridgehead atoms. The van der Waals surface area contributed by atoms with E-state index in [1.165, 1.54) is 0 Å². The number of benzene rings is 1. The maximum Gasteiger partial charge on any atom is 0.251 e. The van der Waals surface area contributed by atoms with Crippen molar-refractivity contribution in [2.75, 3.05) is 0 Å². The third-order valence-corrected chi connectivity index (χ3v) is 2.85. The highest BCUT2D eigenvalue weighted by Gasteiger charge is 2.33. The highest BCUT2D eigenvalue weighted by atomic mass is 32.1. The molecule has 1 fully saturated rings. The van der Waals surface area contributed by atoms with Gasteiger partial charge < -0.3 is 5.32 Å². The van der Waals surface area contributed by atoms with Gasteiger partial charge in [-0.1, -0.05) is 6.92 Å². The fourth-order valence-electron chi connectivity index (χ4n) is 1.39. The van der Waals surface area contributed by atoms with E-state index in [9.17, 15) is 4.79 Å². The molecule has 0 radical (unpaired) electrons. The molecule has 1 aromatic carbocycles. The van der Waals surface area contributed by atoms with Gasteiger partial charge in [0.15, 0.2) is 0 Å². The van der Waals surface area contributed by atoms with E-state index in [0.717, 1.165) is 11.3 Å². The van der Waals surface area contributed by atoms with Crippen LogP contribution in [0.5, 0.6) is 0 Å². The number of amides is 1. The predicted octanol–water partition coefficient (Wildman–Crippen LogP) is 2.11. The molecule has 1 saturated carbocycles. The number of nitrogens with one attached hydrogen (secondary N) is 1. The van der Waals surface area contributed by atoms with Crippen LogP contribution in [0, 0.1) is 5.92 Å². The summed E-state index contributed by atoms with van der Waals surface area (Å²) >= 11 is 4.16. The van der Waals surface area contributed by atoms with Crippen LogP contribution < -0.4 is 5.32 Å². The monoisotopic (exact) mass is 207 g/mol. The normalized spacial score (nSPS) is 24.4. The first-order valence-electron chi connectivity index (χ1n) is 4.76. The molecule has 0 saturated heterocycles. The summed E-state index contributed by atoms with van der Waals surface area (Å²) in [5.41, 5.74) is 0.710. The third-order valence-electron chi connectivity index (χ3n) is 2.56. The molecule has 2 rings (SSSR count). The van der Waals surface area contributed by atoms with Crippen molar-refractivity contribution in [1.82, 2.24) is 5.32 Å². The summed E-state index contributed by atoms with van der Waals surface area (Å²) in [6.45, 7) is 2.14. The van der Waals surface area contributed by atoms with Crippen LogP contribution in [0.4, 0.5) is 0 Å². The zero-order chi connectivity index (χ0) is 10.1. The smallest absolute Gasteiger partial charge is 0.251 e. The summed E-state index contributed by atoms with van der Waals surface area (Å²) in [5.74, 6) is 0.663. The summed E-state index contributed by atoms with van der Waals surface area (Å²) in [4.78, 5) is 12.5. The van der Waals surface area contributed by atoms with Crippen molar-refractivity contribution in [2.24, 2.45) is 5.92 Å². The van der Waals surface area contributed by atoms with E-state index in [1.807, 2.05) is 12.1 Å². The molecule has 2 unspecified atom stereocenters. The fraction of sp³-hybridized carbons (Fsp3) is 0.364. The maximum atomic E-state index is 11.6. The molecule has 1 aromatic rings. The molecular weight excluding hydrogens is 194 g/mol. The van der Waals surface area contributed by atoms with Crippen molar-refractivity contribution in [3.8, 4) is 0 Å². The molecule has 0 heterocycles. The minimum Gasteiger partial charge on any atom is -0.349 e. The number of thiol groups is 1. The molecule has 14 heavy (non-hydrogen) atoms. The van der Waals surface area contributed by atoms with Crippen molar-refractivity contribution in [1.29, 1.82) is 0 Å². The molecule has 2 atom stereocenters. The average molecular weight is 207 g/mol. The largest absolute Gasteiger partial charge is 0.349 e. The van der Waals surface area contributed by atoms with E-state index in [0.29, 0.717) is 17.5 Å². The van der Waals surface area contributed by atoms with E-state index in [-0.39, 0.29) is 5.91 Å². The Balaban J connectivity index is 2.00. The van der Waals surface area contributed by atoms with Crippen LogP contribution in [0.3, 0.4) is 0 Å². The van der Waals surface area contributed by atoms with E-state index in [2.05, 4.69) is 24.9 Å². The van der Waals surface area contributed by atoms with Crippen molar-refractivity contribution >= 4 is 18.5 Å². The topological polar surface area (TPSA) is 29.1 Å². The summed E-state index contributed by atoms with van der Waals surface area (Å²) in [5, 5.41) is 2.98. The van der Waals surface area contributed by atoms with Gasteiger partial charge in [-0.3, -0.25) is 4.79 Å². The molecule has 0 aromatic heterocycles. The summed E-state index contributed by atoms with van der Waals surface area (Å²) in [6, 6.07) is 7.64. The molecule has 1 amide bonds. The van der Waals surface area contributed by atoms with Gasteiger partial charge in [0.05, 0.1) is 0 Å². The van der Waals surface area contributed by atoms with Gasteiger partial charge >= 0.3 is 0 Å². The van der Waals surface area contributed by atoms with Gasteiger partial charge in [-0.15, -0.1) is 12.6 Å². The van der Waals surface area contributed by atoms with Gasteiger partial charge in [-0.25, -0.2) is 0 Å². The first kappa shape index (κ1) is 9.59. The van der Waals surface area contributed by atoms with Crippen LogP contribution >= 0.6 is 12.6 Å². The molecule has 3 heteroatoms. The second kappa shape index (κ2) is 3.65. The summed E-state index contributed by atoms with van der Waals surface area (Å²) in [6.07, 6.45) is 1.11. The molecule has 0 aliphatic heterocycles. The quantitative estimate of drug-likeness (QED) is 0.715. The Labute approximate surface area is 89.1 Å². The molecule has 74 valence electrons. The Morgan fingerprint density at radius 1 is 1.43 bits per heavy atom. The maximum absolute atomic E-state index is 11.6. The lowest BCUT2D eigenvalue weighted by molar-refractivity contribution is 0.0949. The van der Waals surface area contributed by atoms with Gasteiger partial charge in [-0.2, -0.15) is 0 Å². The molecule has 1 N–H and O–H groups in total. The van der Waals surface area contributed by atoms with E-state index in [1.54, 1.807) is 12.1 Å². The van der Waals surface area contributed by atoms with Gasteiger partial charge in [0.2, 0.25) is 0 Å². The SMILES string of the molecule is CC1CC1NC(=O)c1ccc(S)cc1. The number of hydrogen-bond acceptors (Lipinski definition) is 2. The average Bonchev–Trinajstić information content (AvgIpc) is 2.82. The Morgan fingerprint density at radius 2 is 2.00 bits per heavy atom. The number of rotatable bonds is 2. The van der Waals surface area contributed by atoms with Gasteiger partial charge in [-0.05, 0) is 36.6 Å². The molecule has 1 aliphatic rings. The second-order valence-electron chi connectivity index (χ2n) is 3.84. The Hall–Kier alpha value is -0.960. The van der Waals surface area contributed by atoms with Crippen LogP contribution in [0.15, 0.2) is 29.2 Å². The zero-order valence-corrected chi connectivity index (χ0v) is 8.92. The Kier molecular flexibility index (Phi) is 2.50. The van der Waals surface area contributed by atoms with Crippen molar-refractivity contribution in [3.63, 3.8) is 0 Å². The van der Waals surface area contributed by atoms with Gasteiger partial charge in [0, 0.05) is 16.5 Å². The molecule has 0 spiro atoms. The second-order valence-corrected chi connectivity index (χ2v) is 4.36. The number of hydrogen-bond donors (Lipinski definition) is 2. The standard InChI is InChI=1S/C11H13NOS/c1-7-6-10(7)12-11(13)8-2-4-9(14)5-3-8/h2-5,7,10,14H,6H2,1H3,(H,12,13). The minimum absolute atomic E-state index is 0.0210. The molecular formula is C11H13NOS. The van der Waals surface area contributed by atoms with Gasteiger partial charge in [0.25, 0.3) is 5.91 Å². The molecule has 2 nitrogen and oxygen atoms in total. The van der Waals surface area contributed by atoms with Crippen molar-refractivity contribution < 1.29 is 4.79 Å². The highest BCUT2D eigenvalue weighted by Crippen LogP contribution is 2.29. The minimum atomic E-state index is 0.0210. The van der Waals surface area contributed by atoms with Crippen LogP contribution in [-0.2, 0) is 0 Å². The lowest BCUT2D eigenvalue weighted by atomic mass is 10.2. The van der Waals surface area contributed by atoms with Crippen LogP contribution in [0.1, 0.15) is 23.7 Å². The van der Waals surface area contributed by atoms with Crippen LogP contribution in [-0.4, -0.2) is 11.9 Å². The lowest BCUT2D eigenvalue weighted by Crippen LogP contribution is -2.26. The Bertz CT molecular complexity index is 347. The number of carbonyl (C=O) groups excluding carboxylic acids is 1. The number of carbonyl (C=O) groups is 1. The zero-order valence-electron chi connectivity index (χ0n) is 8.03. The highest BCUT2D eigenvalue weighted by molar-refractivity contribution is 7.80. The van der Waals surface area contributed by atoms with Gasteiger partial charge in [0.1, 0.15) is 0 Å². The third kappa shape index (κ3) is 2.10. The summed E-state index contributed by atoms with van der Waals surface area (Å²) < 4.78 is 0. The van der Waals surface area contributed by atoms with E-state index in [4.69, 9.17) is 0 Å². The first-order valence-corrected chi connectivity index (χ1v) is 5.21. The predicted molar refractivity (Wildman–Crippen MR) is 58.7 cm³/mol. The van der Waals surface area contributed by atoms with Crippen LogP contribution in [0.2, 0.25) is 0 Å². The van der Waals surface area contributed by atoms with Crippen LogP contribution in [0.25, 0.3) is 0 Å². The Morgan fingerprint density at radius 3 is 2.50 bits per heavy atom. The van der Waals surface area contributed by atoms with E-state index < -0.39 is 0 Å². The first-order chi connectivity index (χ1) is 6.66. The summed E-state index contributed by atoms with van der Waals surface area (Å²) in [7, 11) is 0. The lowest BCUT2D eigenvalue weighted by Gasteiger charge is -2.03. The fourth-order valence-corrected chi connectivity index (χ4v) is 1.54. The van der Waals surface area contributed by atoms with Crippen molar-refractivity contribution in [3.05, 3.63) is 29.8 Å². The van der Waals surface area contributed by atoms with E-state index >= 15 is 0 Å². The van der Waals surface area contributed by atoms with Crippen molar-refractivity contribution in [2.45, 2.75) is 24.3 Å².